The number of carbonyl (C=O) groups excluding carboxylic acids is 1. The van der Waals surface area contributed by atoms with Crippen LogP contribution in [0.4, 0.5) is 10.1 Å². The van der Waals surface area contributed by atoms with Crippen LogP contribution in [0.3, 0.4) is 0 Å². The lowest BCUT2D eigenvalue weighted by atomic mass is 9.99. The molecule has 1 atom stereocenters. The fraction of sp³-hybridized carbons (Fsp3) is 0.346. The summed E-state index contributed by atoms with van der Waals surface area (Å²) in [5.74, 6) is 0.997. The summed E-state index contributed by atoms with van der Waals surface area (Å²) in [5, 5.41) is 2.77. The van der Waals surface area contributed by atoms with E-state index in [1.807, 2.05) is 6.92 Å². The Hall–Kier alpha value is -3.32. The predicted octanol–water partition coefficient (Wildman–Crippen LogP) is 5.22. The van der Waals surface area contributed by atoms with Gasteiger partial charge >= 0.3 is 0 Å². The SMILES string of the molecule is COc1c(C)cccc1CN1CCCC[C@@H]1c1ncc(C(=O)Nc2ccc(F)cc2)c(C)n1. The third-order valence-electron chi connectivity index (χ3n) is 6.13. The summed E-state index contributed by atoms with van der Waals surface area (Å²) in [5.41, 5.74) is 3.82. The van der Waals surface area contributed by atoms with Gasteiger partial charge in [0.05, 0.1) is 24.4 Å². The minimum Gasteiger partial charge on any atom is -0.496 e. The van der Waals surface area contributed by atoms with E-state index in [0.29, 0.717) is 16.9 Å². The molecule has 1 aliphatic heterocycles. The number of carbonyl (C=O) groups is 1. The van der Waals surface area contributed by atoms with E-state index in [2.05, 4.69) is 40.3 Å². The van der Waals surface area contributed by atoms with Crippen molar-refractivity contribution in [3.8, 4) is 5.75 Å². The monoisotopic (exact) mass is 448 g/mol. The average molecular weight is 449 g/mol. The first-order valence-corrected chi connectivity index (χ1v) is 11.2. The Morgan fingerprint density at radius 2 is 1.97 bits per heavy atom. The van der Waals surface area contributed by atoms with Crippen molar-refractivity contribution >= 4 is 11.6 Å². The Labute approximate surface area is 193 Å². The van der Waals surface area contributed by atoms with Gasteiger partial charge in [-0.05, 0) is 63.1 Å². The van der Waals surface area contributed by atoms with Crippen LogP contribution in [0.1, 0.15) is 58.3 Å². The van der Waals surface area contributed by atoms with E-state index < -0.39 is 0 Å². The molecule has 0 bridgehead atoms. The number of benzene rings is 2. The van der Waals surface area contributed by atoms with Gasteiger partial charge in [0.15, 0.2) is 0 Å². The molecule has 0 radical (unpaired) electrons. The minimum atomic E-state index is -0.350. The molecule has 0 aliphatic carbocycles. The number of aromatic nitrogens is 2. The summed E-state index contributed by atoms with van der Waals surface area (Å²) in [4.78, 5) is 24.4. The van der Waals surface area contributed by atoms with Crippen LogP contribution in [0.15, 0.2) is 48.7 Å². The lowest BCUT2D eigenvalue weighted by Crippen LogP contribution is -2.34. The van der Waals surface area contributed by atoms with Gasteiger partial charge in [-0.2, -0.15) is 0 Å². The van der Waals surface area contributed by atoms with E-state index in [9.17, 15) is 9.18 Å². The Morgan fingerprint density at radius 3 is 2.70 bits per heavy atom. The summed E-state index contributed by atoms with van der Waals surface area (Å²) in [7, 11) is 1.71. The second-order valence-corrected chi connectivity index (χ2v) is 8.44. The van der Waals surface area contributed by atoms with Crippen molar-refractivity contribution in [3.05, 3.63) is 82.7 Å². The molecule has 1 fully saturated rings. The first-order chi connectivity index (χ1) is 16.0. The molecule has 1 N–H and O–H groups in total. The maximum absolute atomic E-state index is 13.1. The van der Waals surface area contributed by atoms with Crippen LogP contribution in [0.25, 0.3) is 0 Å². The number of likely N-dealkylation sites (tertiary alicyclic amines) is 1. The maximum Gasteiger partial charge on any atom is 0.259 e. The van der Waals surface area contributed by atoms with Crippen molar-refractivity contribution in [1.82, 2.24) is 14.9 Å². The molecule has 0 spiro atoms. The van der Waals surface area contributed by atoms with E-state index in [1.54, 1.807) is 13.3 Å². The van der Waals surface area contributed by atoms with E-state index in [-0.39, 0.29) is 17.8 Å². The highest BCUT2D eigenvalue weighted by molar-refractivity contribution is 6.04. The maximum atomic E-state index is 13.1. The summed E-state index contributed by atoms with van der Waals surface area (Å²) in [6, 6.07) is 12.0. The summed E-state index contributed by atoms with van der Waals surface area (Å²) < 4.78 is 18.8. The summed E-state index contributed by atoms with van der Waals surface area (Å²) in [6.45, 7) is 5.58. The number of ether oxygens (including phenoxy) is 1. The average Bonchev–Trinajstić information content (AvgIpc) is 2.81. The van der Waals surface area contributed by atoms with Gasteiger partial charge in [0.1, 0.15) is 17.4 Å². The standard InChI is InChI=1S/C26H29FN4O2/c1-17-7-6-8-19(24(17)33-3)16-31-14-5-4-9-23(31)25-28-15-22(18(2)29-25)26(32)30-21-12-10-20(27)11-13-21/h6-8,10-13,15,23H,4-5,9,14,16H2,1-3H3,(H,30,32)/t23-/m1/s1. The number of hydrogen-bond acceptors (Lipinski definition) is 5. The van der Waals surface area contributed by atoms with Gasteiger partial charge in [-0.3, -0.25) is 9.69 Å². The lowest BCUT2D eigenvalue weighted by Gasteiger charge is -2.35. The Balaban J connectivity index is 1.53. The number of aryl methyl sites for hydroxylation is 2. The smallest absolute Gasteiger partial charge is 0.259 e. The normalized spacial score (nSPS) is 16.4. The summed E-state index contributed by atoms with van der Waals surface area (Å²) >= 11 is 0. The van der Waals surface area contributed by atoms with Gasteiger partial charge in [0, 0.05) is 24.0 Å². The molecule has 2 aromatic carbocycles. The Morgan fingerprint density at radius 1 is 1.18 bits per heavy atom. The Bertz CT molecular complexity index is 1130. The van der Waals surface area contributed by atoms with E-state index in [0.717, 1.165) is 55.1 Å². The Kier molecular flexibility index (Phi) is 6.99. The molecule has 3 aromatic rings. The number of halogens is 1. The molecular formula is C26H29FN4O2. The van der Waals surface area contributed by atoms with Gasteiger partial charge in [-0.25, -0.2) is 14.4 Å². The topological polar surface area (TPSA) is 67.3 Å². The fourth-order valence-corrected chi connectivity index (χ4v) is 4.42. The number of anilines is 1. The number of hydrogen-bond donors (Lipinski definition) is 1. The van der Waals surface area contributed by atoms with Gasteiger partial charge in [0.25, 0.3) is 5.91 Å². The highest BCUT2D eigenvalue weighted by Gasteiger charge is 2.28. The van der Waals surface area contributed by atoms with Crippen LogP contribution in [0, 0.1) is 19.7 Å². The van der Waals surface area contributed by atoms with Gasteiger partial charge in [-0.15, -0.1) is 0 Å². The molecular weight excluding hydrogens is 419 g/mol. The second kappa shape index (κ2) is 10.1. The van der Waals surface area contributed by atoms with Crippen molar-refractivity contribution in [1.29, 1.82) is 0 Å². The van der Waals surface area contributed by atoms with Crippen molar-refractivity contribution in [2.45, 2.75) is 45.7 Å². The molecule has 4 rings (SSSR count). The van der Waals surface area contributed by atoms with Gasteiger partial charge in [-0.1, -0.05) is 24.6 Å². The third kappa shape index (κ3) is 5.20. The number of nitrogens with one attached hydrogen (secondary N) is 1. The highest BCUT2D eigenvalue weighted by atomic mass is 19.1. The number of para-hydroxylation sites is 1. The van der Waals surface area contributed by atoms with Crippen LogP contribution in [0.5, 0.6) is 5.75 Å². The lowest BCUT2D eigenvalue weighted by molar-refractivity contribution is 0.102. The largest absolute Gasteiger partial charge is 0.496 e. The predicted molar refractivity (Wildman–Crippen MR) is 126 cm³/mol. The molecule has 1 aliphatic rings. The van der Waals surface area contributed by atoms with E-state index >= 15 is 0 Å². The van der Waals surface area contributed by atoms with Crippen LogP contribution in [-0.4, -0.2) is 34.4 Å². The number of methoxy groups -OCH3 is 1. The van der Waals surface area contributed by atoms with Crippen molar-refractivity contribution in [2.75, 3.05) is 19.0 Å². The molecule has 0 saturated carbocycles. The zero-order valence-corrected chi connectivity index (χ0v) is 19.3. The molecule has 1 amide bonds. The minimum absolute atomic E-state index is 0.0804. The number of nitrogens with zero attached hydrogens (tertiary/aromatic N) is 3. The summed E-state index contributed by atoms with van der Waals surface area (Å²) in [6.07, 6.45) is 4.80. The third-order valence-corrected chi connectivity index (χ3v) is 6.13. The molecule has 33 heavy (non-hydrogen) atoms. The van der Waals surface area contributed by atoms with Gasteiger partial charge < -0.3 is 10.1 Å². The molecule has 1 saturated heterocycles. The van der Waals surface area contributed by atoms with Crippen molar-refractivity contribution < 1.29 is 13.9 Å². The molecule has 1 aromatic heterocycles. The quantitative estimate of drug-likeness (QED) is 0.560. The zero-order valence-electron chi connectivity index (χ0n) is 19.3. The number of rotatable bonds is 6. The molecule has 2 heterocycles. The molecule has 7 heteroatoms. The van der Waals surface area contributed by atoms with E-state index in [4.69, 9.17) is 9.72 Å². The van der Waals surface area contributed by atoms with Crippen molar-refractivity contribution in [2.24, 2.45) is 0 Å². The van der Waals surface area contributed by atoms with Gasteiger partial charge in [0.2, 0.25) is 0 Å². The first-order valence-electron chi connectivity index (χ1n) is 11.2. The number of piperidine rings is 1. The zero-order chi connectivity index (χ0) is 23.4. The first kappa shape index (κ1) is 22.9. The van der Waals surface area contributed by atoms with Crippen molar-refractivity contribution in [3.63, 3.8) is 0 Å². The van der Waals surface area contributed by atoms with Crippen LogP contribution in [0.2, 0.25) is 0 Å². The van der Waals surface area contributed by atoms with Crippen LogP contribution >= 0.6 is 0 Å². The van der Waals surface area contributed by atoms with E-state index in [1.165, 1.54) is 24.3 Å². The molecule has 0 unspecified atom stereocenters. The van der Waals surface area contributed by atoms with Crippen LogP contribution < -0.4 is 10.1 Å². The fourth-order valence-electron chi connectivity index (χ4n) is 4.42. The second-order valence-electron chi connectivity index (χ2n) is 8.44. The molecule has 172 valence electrons. The number of amides is 1. The molecule has 6 nitrogen and oxygen atoms in total. The van der Waals surface area contributed by atoms with Crippen LogP contribution in [-0.2, 0) is 6.54 Å². The highest BCUT2D eigenvalue weighted by Crippen LogP contribution is 2.33.